The van der Waals surface area contributed by atoms with Crippen molar-refractivity contribution in [2.75, 3.05) is 0 Å². The van der Waals surface area contributed by atoms with E-state index in [9.17, 15) is 9.59 Å². The Morgan fingerprint density at radius 1 is 1.08 bits per heavy atom. The number of para-hydroxylation sites is 2. The summed E-state index contributed by atoms with van der Waals surface area (Å²) in [6.45, 7) is 1.77. The van der Waals surface area contributed by atoms with E-state index < -0.39 is 18.0 Å². The number of hydrogen-bond donors (Lipinski definition) is 1. The van der Waals surface area contributed by atoms with Gasteiger partial charge in [-0.2, -0.15) is 0 Å². The van der Waals surface area contributed by atoms with E-state index in [-0.39, 0.29) is 0 Å². The van der Waals surface area contributed by atoms with Crippen LogP contribution in [-0.4, -0.2) is 21.4 Å². The third-order valence-corrected chi connectivity index (χ3v) is 3.87. The lowest BCUT2D eigenvalue weighted by Gasteiger charge is -2.13. The van der Waals surface area contributed by atoms with E-state index in [2.05, 4.69) is 4.98 Å². The van der Waals surface area contributed by atoms with Crippen LogP contribution in [0.3, 0.4) is 0 Å². The first kappa shape index (κ1) is 15.7. The van der Waals surface area contributed by atoms with Gasteiger partial charge in [0.25, 0.3) is 0 Å². The summed E-state index contributed by atoms with van der Waals surface area (Å²) in [5, 5.41) is 0. The summed E-state index contributed by atoms with van der Waals surface area (Å²) in [6, 6.07) is 13.8. The molecule has 0 saturated carbocycles. The van der Waals surface area contributed by atoms with Gasteiger partial charge in [0, 0.05) is 12.6 Å². The molecule has 24 heavy (non-hydrogen) atoms. The molecule has 2 aromatic carbocycles. The third-order valence-electron chi connectivity index (χ3n) is 3.87. The summed E-state index contributed by atoms with van der Waals surface area (Å²) in [5.41, 5.74) is 7.70. The van der Waals surface area contributed by atoms with Crippen LogP contribution in [0.15, 0.2) is 48.5 Å². The molecular weight excluding hydrogens is 306 g/mol. The first-order valence-corrected chi connectivity index (χ1v) is 7.49. The maximum Gasteiger partial charge on any atom is 0.338 e. The van der Waals surface area contributed by atoms with Gasteiger partial charge in [-0.05, 0) is 43.3 Å². The van der Waals surface area contributed by atoms with Crippen molar-refractivity contribution in [3.63, 3.8) is 0 Å². The largest absolute Gasteiger partial charge is 0.451 e. The number of fused-ring (bicyclic) bond motifs is 1. The molecule has 0 aliphatic rings. The van der Waals surface area contributed by atoms with Crippen molar-refractivity contribution in [3.05, 3.63) is 65.5 Å². The van der Waals surface area contributed by atoms with Crippen LogP contribution in [0.5, 0.6) is 0 Å². The maximum atomic E-state index is 12.3. The fourth-order valence-corrected chi connectivity index (χ4v) is 2.58. The number of nitrogens with two attached hydrogens (primary N) is 1. The Kier molecular flexibility index (Phi) is 4.04. The van der Waals surface area contributed by atoms with Crippen LogP contribution in [0.1, 0.15) is 39.6 Å². The van der Waals surface area contributed by atoms with Gasteiger partial charge in [0.2, 0.25) is 5.91 Å². The molecular formula is C18H17N3O3. The standard InChI is InChI=1S/C18H17N3O3/c1-11(17-20-14-5-3-4-6-15(14)21(17)2)24-18(23)13-9-7-12(8-10-13)16(19)22/h3-11H,1-2H3,(H2,19,22)/t11-/m1/s1. The number of primary amides is 1. The minimum absolute atomic E-state index is 0.343. The molecule has 0 aliphatic carbocycles. The number of nitrogens with zero attached hydrogens (tertiary/aromatic N) is 2. The van der Waals surface area contributed by atoms with Gasteiger partial charge in [-0.25, -0.2) is 9.78 Å². The van der Waals surface area contributed by atoms with E-state index in [4.69, 9.17) is 10.5 Å². The van der Waals surface area contributed by atoms with Crippen LogP contribution < -0.4 is 5.73 Å². The molecule has 3 aromatic rings. The van der Waals surface area contributed by atoms with Crippen molar-refractivity contribution in [3.8, 4) is 0 Å². The number of benzene rings is 2. The molecule has 0 spiro atoms. The second kappa shape index (κ2) is 6.16. The van der Waals surface area contributed by atoms with Crippen molar-refractivity contribution in [2.45, 2.75) is 13.0 Å². The fourth-order valence-electron chi connectivity index (χ4n) is 2.58. The topological polar surface area (TPSA) is 87.2 Å². The monoisotopic (exact) mass is 323 g/mol. The molecule has 1 heterocycles. The second-order valence-corrected chi connectivity index (χ2v) is 5.51. The predicted molar refractivity (Wildman–Crippen MR) is 89.5 cm³/mol. The Labute approximate surface area is 138 Å². The minimum Gasteiger partial charge on any atom is -0.451 e. The highest BCUT2D eigenvalue weighted by Crippen LogP contribution is 2.22. The zero-order valence-corrected chi connectivity index (χ0v) is 13.4. The van der Waals surface area contributed by atoms with Crippen LogP contribution >= 0.6 is 0 Å². The van der Waals surface area contributed by atoms with Gasteiger partial charge < -0.3 is 15.0 Å². The lowest BCUT2D eigenvalue weighted by atomic mass is 10.1. The molecule has 6 heteroatoms. The van der Waals surface area contributed by atoms with Crippen LogP contribution in [0, 0.1) is 0 Å². The summed E-state index contributed by atoms with van der Waals surface area (Å²) in [6.07, 6.45) is -0.509. The van der Waals surface area contributed by atoms with Gasteiger partial charge in [-0.3, -0.25) is 4.79 Å². The molecule has 122 valence electrons. The van der Waals surface area contributed by atoms with Gasteiger partial charge >= 0.3 is 5.97 Å². The van der Waals surface area contributed by atoms with Crippen molar-refractivity contribution < 1.29 is 14.3 Å². The molecule has 2 N–H and O–H groups in total. The quantitative estimate of drug-likeness (QED) is 0.748. The van der Waals surface area contributed by atoms with Gasteiger partial charge in [0.1, 0.15) is 0 Å². The van der Waals surface area contributed by atoms with E-state index in [0.717, 1.165) is 11.0 Å². The van der Waals surface area contributed by atoms with Gasteiger partial charge in [0.15, 0.2) is 11.9 Å². The normalized spacial score (nSPS) is 12.1. The zero-order valence-electron chi connectivity index (χ0n) is 13.4. The van der Waals surface area contributed by atoms with Crippen molar-refractivity contribution >= 4 is 22.9 Å². The molecule has 0 bridgehead atoms. The fraction of sp³-hybridized carbons (Fsp3) is 0.167. The number of esters is 1. The third kappa shape index (κ3) is 2.86. The average molecular weight is 323 g/mol. The molecule has 0 fully saturated rings. The van der Waals surface area contributed by atoms with E-state index in [1.54, 1.807) is 6.92 Å². The molecule has 1 amide bonds. The van der Waals surface area contributed by atoms with E-state index in [0.29, 0.717) is 17.0 Å². The number of hydrogen-bond acceptors (Lipinski definition) is 4. The van der Waals surface area contributed by atoms with Crippen LogP contribution in [0.4, 0.5) is 0 Å². The van der Waals surface area contributed by atoms with Crippen molar-refractivity contribution in [2.24, 2.45) is 12.8 Å². The molecule has 0 radical (unpaired) electrons. The second-order valence-electron chi connectivity index (χ2n) is 5.51. The Morgan fingerprint density at radius 3 is 2.33 bits per heavy atom. The molecule has 1 aromatic heterocycles. The molecule has 0 unspecified atom stereocenters. The van der Waals surface area contributed by atoms with Gasteiger partial charge in [-0.15, -0.1) is 0 Å². The Hall–Kier alpha value is -3.15. The van der Waals surface area contributed by atoms with Crippen LogP contribution in [0.2, 0.25) is 0 Å². The summed E-state index contributed by atoms with van der Waals surface area (Å²) in [7, 11) is 1.89. The number of rotatable bonds is 4. The van der Waals surface area contributed by atoms with E-state index >= 15 is 0 Å². The highest BCUT2D eigenvalue weighted by Gasteiger charge is 2.19. The van der Waals surface area contributed by atoms with Crippen LogP contribution in [-0.2, 0) is 11.8 Å². The number of imidazole rings is 1. The van der Waals surface area contributed by atoms with Gasteiger partial charge in [0.05, 0.1) is 16.6 Å². The zero-order chi connectivity index (χ0) is 17.3. The highest BCUT2D eigenvalue weighted by molar-refractivity contribution is 5.95. The molecule has 0 saturated heterocycles. The molecule has 3 rings (SSSR count). The predicted octanol–water partition coefficient (Wildman–Crippen LogP) is 2.59. The van der Waals surface area contributed by atoms with Crippen LogP contribution in [0.25, 0.3) is 11.0 Å². The Morgan fingerprint density at radius 2 is 1.71 bits per heavy atom. The minimum atomic E-state index is -0.539. The van der Waals surface area contributed by atoms with E-state index in [1.165, 1.54) is 24.3 Å². The lowest BCUT2D eigenvalue weighted by molar-refractivity contribution is 0.0315. The number of aryl methyl sites for hydroxylation is 1. The first-order valence-electron chi connectivity index (χ1n) is 7.49. The number of ether oxygens (including phenoxy) is 1. The van der Waals surface area contributed by atoms with Gasteiger partial charge in [-0.1, -0.05) is 12.1 Å². The average Bonchev–Trinajstić information content (AvgIpc) is 2.92. The molecule has 6 nitrogen and oxygen atoms in total. The number of aromatic nitrogens is 2. The Balaban J connectivity index is 1.80. The number of carbonyl (C=O) groups is 2. The van der Waals surface area contributed by atoms with Crippen molar-refractivity contribution in [1.29, 1.82) is 0 Å². The van der Waals surface area contributed by atoms with E-state index in [1.807, 2.05) is 35.9 Å². The summed E-state index contributed by atoms with van der Waals surface area (Å²) < 4.78 is 7.40. The Bertz CT molecular complexity index is 913. The number of amides is 1. The SMILES string of the molecule is C[C@@H](OC(=O)c1ccc(C(N)=O)cc1)c1nc2ccccc2n1C. The summed E-state index contributed by atoms with van der Waals surface area (Å²) in [4.78, 5) is 27.8. The number of carbonyl (C=O) groups excluding carboxylic acids is 2. The smallest absolute Gasteiger partial charge is 0.338 e. The van der Waals surface area contributed by atoms with Crippen molar-refractivity contribution in [1.82, 2.24) is 9.55 Å². The molecule has 0 aliphatic heterocycles. The highest BCUT2D eigenvalue weighted by atomic mass is 16.5. The maximum absolute atomic E-state index is 12.3. The lowest BCUT2D eigenvalue weighted by Crippen LogP contribution is -2.14. The first-order chi connectivity index (χ1) is 11.5. The molecule has 1 atom stereocenters. The summed E-state index contributed by atoms with van der Waals surface area (Å²) >= 11 is 0. The summed E-state index contributed by atoms with van der Waals surface area (Å²) in [5.74, 6) is -0.355.